The molecule has 24 heavy (non-hydrogen) atoms. The standard InChI is InChI=1S/C17H16ClN5S/c18-15-14(20-16(22-15)11-4-2-1-3-5-11)10-23-7-6-13-12(9-23)8-19-17(24)21-13/h1-5,8H,6-7,9-10H2,(H,20,22)(H,19,21,24). The smallest absolute Gasteiger partial charge is 0.196 e. The number of benzene rings is 1. The first-order valence-electron chi connectivity index (χ1n) is 7.78. The van der Waals surface area contributed by atoms with E-state index >= 15 is 0 Å². The molecule has 0 spiro atoms. The van der Waals surface area contributed by atoms with Crippen LogP contribution in [0.2, 0.25) is 5.15 Å². The van der Waals surface area contributed by atoms with Crippen molar-refractivity contribution in [3.63, 3.8) is 0 Å². The fourth-order valence-corrected chi connectivity index (χ4v) is 3.36. The summed E-state index contributed by atoms with van der Waals surface area (Å²) in [6.07, 6.45) is 2.79. The third kappa shape index (κ3) is 3.13. The number of aromatic nitrogens is 4. The Hall–Kier alpha value is -2.02. The van der Waals surface area contributed by atoms with Gasteiger partial charge in [0.1, 0.15) is 5.82 Å². The maximum Gasteiger partial charge on any atom is 0.196 e. The molecule has 2 aromatic heterocycles. The lowest BCUT2D eigenvalue weighted by Crippen LogP contribution is -2.31. The Balaban J connectivity index is 1.53. The minimum absolute atomic E-state index is 0.533. The quantitative estimate of drug-likeness (QED) is 0.701. The van der Waals surface area contributed by atoms with E-state index in [1.807, 2.05) is 36.5 Å². The van der Waals surface area contributed by atoms with Gasteiger partial charge in [0, 0.05) is 49.1 Å². The van der Waals surface area contributed by atoms with Gasteiger partial charge >= 0.3 is 0 Å². The molecule has 3 heterocycles. The first-order chi connectivity index (χ1) is 11.7. The maximum absolute atomic E-state index is 6.33. The second-order valence-electron chi connectivity index (χ2n) is 5.87. The van der Waals surface area contributed by atoms with E-state index in [0.29, 0.717) is 9.92 Å². The highest BCUT2D eigenvalue weighted by Gasteiger charge is 2.19. The van der Waals surface area contributed by atoms with E-state index in [2.05, 4.69) is 24.8 Å². The van der Waals surface area contributed by atoms with E-state index < -0.39 is 0 Å². The number of H-pyrrole nitrogens is 2. The topological polar surface area (TPSA) is 60.6 Å². The molecule has 0 saturated carbocycles. The summed E-state index contributed by atoms with van der Waals surface area (Å²) in [7, 11) is 0. The number of nitrogens with one attached hydrogen (secondary N) is 2. The highest BCUT2D eigenvalue weighted by molar-refractivity contribution is 7.71. The van der Waals surface area contributed by atoms with Crippen LogP contribution in [-0.2, 0) is 19.5 Å². The lowest BCUT2D eigenvalue weighted by molar-refractivity contribution is 0.240. The highest BCUT2D eigenvalue weighted by atomic mass is 35.5. The lowest BCUT2D eigenvalue weighted by atomic mass is 10.1. The van der Waals surface area contributed by atoms with Gasteiger partial charge in [-0.3, -0.25) is 4.90 Å². The Morgan fingerprint density at radius 1 is 1.21 bits per heavy atom. The van der Waals surface area contributed by atoms with E-state index in [4.69, 9.17) is 23.8 Å². The van der Waals surface area contributed by atoms with Gasteiger partial charge in [-0.1, -0.05) is 41.9 Å². The van der Waals surface area contributed by atoms with E-state index in [1.165, 1.54) is 11.3 Å². The number of hydrogen-bond acceptors (Lipinski definition) is 4. The average Bonchev–Trinajstić information content (AvgIpc) is 2.97. The molecule has 0 fully saturated rings. The Bertz CT molecular complexity index is 918. The predicted octanol–water partition coefficient (Wildman–Crippen LogP) is 3.74. The molecule has 0 radical (unpaired) electrons. The Morgan fingerprint density at radius 2 is 2.04 bits per heavy atom. The van der Waals surface area contributed by atoms with Crippen molar-refractivity contribution in [3.05, 3.63) is 63.4 Å². The molecule has 0 aliphatic carbocycles. The second kappa shape index (κ2) is 6.47. The van der Waals surface area contributed by atoms with Crippen LogP contribution in [0.4, 0.5) is 0 Å². The van der Waals surface area contributed by atoms with Gasteiger partial charge in [0.05, 0.1) is 5.69 Å². The van der Waals surface area contributed by atoms with E-state index in [9.17, 15) is 0 Å². The monoisotopic (exact) mass is 357 g/mol. The van der Waals surface area contributed by atoms with Crippen LogP contribution in [0, 0.1) is 4.77 Å². The molecule has 0 atom stereocenters. The summed E-state index contributed by atoms with van der Waals surface area (Å²) in [5.41, 5.74) is 4.35. The van der Waals surface area contributed by atoms with Gasteiger partial charge in [-0.15, -0.1) is 0 Å². The number of halogens is 1. The van der Waals surface area contributed by atoms with Gasteiger partial charge < -0.3 is 9.97 Å². The van der Waals surface area contributed by atoms with E-state index in [-0.39, 0.29) is 0 Å². The number of rotatable bonds is 3. The molecule has 0 unspecified atom stereocenters. The number of fused-ring (bicyclic) bond motifs is 1. The van der Waals surface area contributed by atoms with Crippen molar-refractivity contribution in [2.75, 3.05) is 6.54 Å². The molecule has 1 aromatic carbocycles. The third-order valence-corrected chi connectivity index (χ3v) is 4.73. The van der Waals surface area contributed by atoms with Crippen molar-refractivity contribution < 1.29 is 0 Å². The third-order valence-electron chi connectivity index (χ3n) is 4.21. The molecular weight excluding hydrogens is 342 g/mol. The molecule has 122 valence electrons. The molecule has 7 heteroatoms. The first kappa shape index (κ1) is 15.5. The number of nitrogens with zero attached hydrogens (tertiary/aromatic N) is 3. The van der Waals surface area contributed by atoms with Crippen molar-refractivity contribution in [2.24, 2.45) is 0 Å². The highest BCUT2D eigenvalue weighted by Crippen LogP contribution is 2.24. The van der Waals surface area contributed by atoms with Crippen LogP contribution in [0.15, 0.2) is 36.5 Å². The molecular formula is C17H16ClN5S. The fraction of sp³-hybridized carbons (Fsp3) is 0.235. The van der Waals surface area contributed by atoms with Gasteiger partial charge in [-0.25, -0.2) is 9.97 Å². The van der Waals surface area contributed by atoms with Crippen LogP contribution in [0.1, 0.15) is 17.0 Å². The molecule has 1 aliphatic heterocycles. The number of hydrogen-bond donors (Lipinski definition) is 2. The van der Waals surface area contributed by atoms with Crippen LogP contribution in [0.3, 0.4) is 0 Å². The van der Waals surface area contributed by atoms with Crippen LogP contribution >= 0.6 is 23.8 Å². The molecule has 4 rings (SSSR count). The number of aromatic amines is 2. The van der Waals surface area contributed by atoms with Gasteiger partial charge in [0.15, 0.2) is 9.92 Å². The molecule has 0 amide bonds. The zero-order valence-corrected chi connectivity index (χ0v) is 14.5. The summed E-state index contributed by atoms with van der Waals surface area (Å²) in [6.45, 7) is 2.50. The van der Waals surface area contributed by atoms with E-state index in [0.717, 1.165) is 43.1 Å². The summed E-state index contributed by atoms with van der Waals surface area (Å²) >= 11 is 11.4. The Morgan fingerprint density at radius 3 is 2.88 bits per heavy atom. The first-order valence-corrected chi connectivity index (χ1v) is 8.57. The zero-order valence-electron chi connectivity index (χ0n) is 12.9. The summed E-state index contributed by atoms with van der Waals surface area (Å²) < 4.78 is 0.548. The van der Waals surface area contributed by atoms with Gasteiger partial charge in [0.25, 0.3) is 0 Å². The molecule has 2 N–H and O–H groups in total. The minimum Gasteiger partial charge on any atom is -0.339 e. The van der Waals surface area contributed by atoms with Crippen molar-refractivity contribution >= 4 is 23.8 Å². The van der Waals surface area contributed by atoms with Crippen LogP contribution < -0.4 is 0 Å². The van der Waals surface area contributed by atoms with Crippen LogP contribution in [0.5, 0.6) is 0 Å². The summed E-state index contributed by atoms with van der Waals surface area (Å²) in [5, 5.41) is 0.533. The SMILES string of the molecule is S=c1ncc2c([nH]1)CCN(Cc1[nH]c(-c3ccccc3)nc1Cl)C2. The van der Waals surface area contributed by atoms with Crippen LogP contribution in [0.25, 0.3) is 11.4 Å². The van der Waals surface area contributed by atoms with Gasteiger partial charge in [0.2, 0.25) is 0 Å². The van der Waals surface area contributed by atoms with E-state index in [1.54, 1.807) is 0 Å². The Labute approximate surface area is 149 Å². The van der Waals surface area contributed by atoms with Crippen LogP contribution in [-0.4, -0.2) is 31.4 Å². The lowest BCUT2D eigenvalue weighted by Gasteiger charge is -2.27. The average molecular weight is 358 g/mol. The van der Waals surface area contributed by atoms with Crippen molar-refractivity contribution in [3.8, 4) is 11.4 Å². The van der Waals surface area contributed by atoms with Gasteiger partial charge in [-0.2, -0.15) is 0 Å². The minimum atomic E-state index is 0.533. The Kier molecular flexibility index (Phi) is 4.18. The molecule has 0 saturated heterocycles. The van der Waals surface area contributed by atoms with Crippen molar-refractivity contribution in [2.45, 2.75) is 19.5 Å². The normalized spacial score (nSPS) is 14.5. The van der Waals surface area contributed by atoms with Crippen molar-refractivity contribution in [1.29, 1.82) is 0 Å². The molecule has 5 nitrogen and oxygen atoms in total. The number of imidazole rings is 1. The summed E-state index contributed by atoms with van der Waals surface area (Å²) in [5.74, 6) is 0.804. The fourth-order valence-electron chi connectivity index (χ4n) is 2.99. The zero-order chi connectivity index (χ0) is 16.5. The molecule has 0 bridgehead atoms. The maximum atomic E-state index is 6.33. The second-order valence-corrected chi connectivity index (χ2v) is 6.62. The summed E-state index contributed by atoms with van der Waals surface area (Å²) in [4.78, 5) is 17.5. The molecule has 1 aliphatic rings. The molecule has 3 aromatic rings. The predicted molar refractivity (Wildman–Crippen MR) is 96.3 cm³/mol. The largest absolute Gasteiger partial charge is 0.339 e. The van der Waals surface area contributed by atoms with Gasteiger partial charge in [-0.05, 0) is 12.2 Å². The van der Waals surface area contributed by atoms with Crippen molar-refractivity contribution in [1.82, 2.24) is 24.8 Å². The summed E-state index contributed by atoms with van der Waals surface area (Å²) in [6, 6.07) is 10.0.